The van der Waals surface area contributed by atoms with Crippen molar-refractivity contribution >= 4 is 11.9 Å². The first-order valence-corrected chi connectivity index (χ1v) is 35.8. The average Bonchev–Trinajstić information content (AvgIpc) is 3.45. The van der Waals surface area contributed by atoms with Gasteiger partial charge in [0.2, 0.25) is 5.91 Å². The minimum absolute atomic E-state index is 0.0159. The van der Waals surface area contributed by atoms with Gasteiger partial charge in [0, 0.05) is 12.8 Å². The summed E-state index contributed by atoms with van der Waals surface area (Å²) in [5.41, 5.74) is 0. The predicted octanol–water partition coefficient (Wildman–Crippen LogP) is 23.1. The Morgan fingerprint density at radius 3 is 0.899 bits per heavy atom. The number of nitrogens with one attached hydrogen (secondary N) is 1. The molecule has 0 aromatic rings. The zero-order chi connectivity index (χ0) is 57.1. The third-order valence-corrected chi connectivity index (χ3v) is 16.6. The largest absolute Gasteiger partial charge is 0.466 e. The first-order chi connectivity index (χ1) is 39.0. The van der Waals surface area contributed by atoms with Crippen molar-refractivity contribution in [3.05, 3.63) is 36.5 Å². The third kappa shape index (κ3) is 65.1. The molecule has 2 atom stereocenters. The van der Waals surface area contributed by atoms with Gasteiger partial charge in [0.1, 0.15) is 0 Å². The number of amides is 1. The topological polar surface area (TPSA) is 95.9 Å². The number of aliphatic hydroxyl groups excluding tert-OH is 2. The molecule has 79 heavy (non-hydrogen) atoms. The van der Waals surface area contributed by atoms with Crippen LogP contribution in [-0.2, 0) is 14.3 Å². The van der Waals surface area contributed by atoms with Gasteiger partial charge in [-0.25, -0.2) is 0 Å². The summed E-state index contributed by atoms with van der Waals surface area (Å²) >= 11 is 0. The Bertz CT molecular complexity index is 1280. The van der Waals surface area contributed by atoms with Gasteiger partial charge >= 0.3 is 5.97 Å². The van der Waals surface area contributed by atoms with E-state index in [0.29, 0.717) is 19.4 Å². The molecule has 0 rings (SSSR count). The molecule has 3 N–H and O–H groups in total. The zero-order valence-corrected chi connectivity index (χ0v) is 53.4. The van der Waals surface area contributed by atoms with Gasteiger partial charge in [-0.1, -0.05) is 333 Å². The molecule has 0 aromatic carbocycles. The number of unbranched alkanes of at least 4 members (excludes halogenated alkanes) is 52. The Labute approximate surface area is 494 Å². The van der Waals surface area contributed by atoms with E-state index in [1.54, 1.807) is 6.08 Å². The highest BCUT2D eigenvalue weighted by Gasteiger charge is 2.18. The van der Waals surface area contributed by atoms with Gasteiger partial charge in [-0.05, 0) is 83.5 Å². The Morgan fingerprint density at radius 1 is 0.342 bits per heavy atom. The van der Waals surface area contributed by atoms with Crippen LogP contribution in [0.15, 0.2) is 36.5 Å². The minimum Gasteiger partial charge on any atom is -0.466 e. The molecular formula is C73H139NO5. The number of carbonyl (C=O) groups is 2. The quantitative estimate of drug-likeness (QED) is 0.0320. The van der Waals surface area contributed by atoms with E-state index in [1.165, 1.54) is 321 Å². The average molecular weight is 1110 g/mol. The molecule has 0 bridgehead atoms. The molecular weight excluding hydrogens is 971 g/mol. The Kier molecular flexibility index (Phi) is 66.9. The van der Waals surface area contributed by atoms with Crippen LogP contribution in [-0.4, -0.2) is 47.4 Å². The maximum absolute atomic E-state index is 12.4. The molecule has 466 valence electrons. The van der Waals surface area contributed by atoms with Crippen molar-refractivity contribution in [1.82, 2.24) is 5.32 Å². The molecule has 6 nitrogen and oxygen atoms in total. The first kappa shape index (κ1) is 77.1. The fourth-order valence-electron chi connectivity index (χ4n) is 11.2. The van der Waals surface area contributed by atoms with Crippen LogP contribution in [0.5, 0.6) is 0 Å². The van der Waals surface area contributed by atoms with E-state index in [0.717, 1.165) is 44.9 Å². The lowest BCUT2D eigenvalue weighted by atomic mass is 10.0. The smallest absolute Gasteiger partial charge is 0.305 e. The molecule has 0 saturated carbocycles. The van der Waals surface area contributed by atoms with Crippen molar-refractivity contribution in [2.45, 2.75) is 405 Å². The second-order valence-corrected chi connectivity index (χ2v) is 24.6. The summed E-state index contributed by atoms with van der Waals surface area (Å²) in [6.45, 7) is 4.91. The van der Waals surface area contributed by atoms with Crippen molar-refractivity contribution in [3.8, 4) is 0 Å². The molecule has 0 aromatic heterocycles. The lowest BCUT2D eigenvalue weighted by molar-refractivity contribution is -0.143. The van der Waals surface area contributed by atoms with Crippen molar-refractivity contribution in [1.29, 1.82) is 0 Å². The molecule has 0 aliphatic heterocycles. The van der Waals surface area contributed by atoms with E-state index in [9.17, 15) is 19.8 Å². The number of hydrogen-bond donors (Lipinski definition) is 3. The number of rotatable bonds is 67. The molecule has 0 fully saturated rings. The second kappa shape index (κ2) is 68.6. The highest BCUT2D eigenvalue weighted by molar-refractivity contribution is 5.76. The summed E-state index contributed by atoms with van der Waals surface area (Å²) in [4.78, 5) is 24.5. The third-order valence-electron chi connectivity index (χ3n) is 16.6. The molecule has 0 spiro atoms. The lowest BCUT2D eigenvalue weighted by Gasteiger charge is -2.20. The normalized spacial score (nSPS) is 12.7. The number of allylic oxidation sites excluding steroid dienone is 5. The zero-order valence-electron chi connectivity index (χ0n) is 53.4. The molecule has 0 aliphatic rings. The monoisotopic (exact) mass is 1110 g/mol. The van der Waals surface area contributed by atoms with Crippen LogP contribution in [0.3, 0.4) is 0 Å². The van der Waals surface area contributed by atoms with Gasteiger partial charge in [0.25, 0.3) is 0 Å². The van der Waals surface area contributed by atoms with Crippen LogP contribution in [0.4, 0.5) is 0 Å². The maximum atomic E-state index is 12.4. The summed E-state index contributed by atoms with van der Waals surface area (Å²) in [6, 6.07) is -0.624. The Morgan fingerprint density at radius 2 is 0.595 bits per heavy atom. The van der Waals surface area contributed by atoms with Gasteiger partial charge in [-0.3, -0.25) is 9.59 Å². The molecule has 0 heterocycles. The van der Waals surface area contributed by atoms with Gasteiger partial charge in [-0.2, -0.15) is 0 Å². The molecule has 1 amide bonds. The lowest BCUT2D eigenvalue weighted by Crippen LogP contribution is -2.45. The fourth-order valence-corrected chi connectivity index (χ4v) is 11.2. The van der Waals surface area contributed by atoms with E-state index >= 15 is 0 Å². The Balaban J connectivity index is 3.33. The molecule has 0 saturated heterocycles. The van der Waals surface area contributed by atoms with Crippen molar-refractivity contribution in [2.24, 2.45) is 0 Å². The van der Waals surface area contributed by atoms with Gasteiger partial charge in [0.05, 0.1) is 25.4 Å². The first-order valence-electron chi connectivity index (χ1n) is 35.8. The molecule has 0 radical (unpaired) electrons. The molecule has 6 heteroatoms. The van der Waals surface area contributed by atoms with Crippen LogP contribution in [0, 0.1) is 0 Å². The summed E-state index contributed by atoms with van der Waals surface area (Å²) in [6.07, 6.45) is 88.2. The predicted molar refractivity (Wildman–Crippen MR) is 347 cm³/mol. The maximum Gasteiger partial charge on any atom is 0.305 e. The van der Waals surface area contributed by atoms with Gasteiger partial charge in [0.15, 0.2) is 0 Å². The summed E-state index contributed by atoms with van der Waals surface area (Å²) in [5, 5.41) is 23.1. The van der Waals surface area contributed by atoms with Crippen molar-refractivity contribution in [2.75, 3.05) is 13.2 Å². The van der Waals surface area contributed by atoms with Crippen LogP contribution in [0.1, 0.15) is 393 Å². The fraction of sp³-hybridized carbons (Fsp3) is 0.890. The van der Waals surface area contributed by atoms with E-state index in [2.05, 4.69) is 43.5 Å². The summed E-state index contributed by atoms with van der Waals surface area (Å²) in [7, 11) is 0. The second-order valence-electron chi connectivity index (χ2n) is 24.6. The van der Waals surface area contributed by atoms with Gasteiger partial charge < -0.3 is 20.3 Å². The van der Waals surface area contributed by atoms with E-state index in [1.807, 2.05) is 6.08 Å². The van der Waals surface area contributed by atoms with E-state index < -0.39 is 12.1 Å². The number of esters is 1. The number of carbonyl (C=O) groups excluding carboxylic acids is 2. The molecule has 0 aliphatic carbocycles. The number of hydrogen-bond acceptors (Lipinski definition) is 5. The highest BCUT2D eigenvalue weighted by atomic mass is 16.5. The standard InChI is InChI=1S/C73H139NO5/c1-3-5-7-9-11-13-15-16-17-18-37-40-43-47-51-55-59-63-67-73(78)79-68-64-60-56-52-48-44-41-38-35-33-31-29-27-25-23-21-19-20-22-24-26-28-30-32-34-36-39-42-46-50-54-58-62-66-72(77)74-70(69-75)71(76)65-61-57-53-49-45-14-12-10-8-6-4-2/h17-18,23,25,61,65,70-71,75-76H,3-16,19-22,24,26-60,62-64,66-69H2,1-2H3,(H,74,77)/b18-17-,25-23-,65-61+. The van der Waals surface area contributed by atoms with Gasteiger partial charge in [-0.15, -0.1) is 0 Å². The Hall–Kier alpha value is -1.92. The van der Waals surface area contributed by atoms with Crippen molar-refractivity contribution in [3.63, 3.8) is 0 Å². The highest BCUT2D eigenvalue weighted by Crippen LogP contribution is 2.18. The van der Waals surface area contributed by atoms with Crippen LogP contribution < -0.4 is 5.32 Å². The van der Waals surface area contributed by atoms with Crippen LogP contribution in [0.25, 0.3) is 0 Å². The summed E-state index contributed by atoms with van der Waals surface area (Å²) in [5.74, 6) is -0.0489. The van der Waals surface area contributed by atoms with Crippen molar-refractivity contribution < 1.29 is 24.5 Å². The van der Waals surface area contributed by atoms with E-state index in [4.69, 9.17) is 4.74 Å². The SMILES string of the molecule is CCCCCCCCC/C=C\CCCCCCCCCC(=O)OCCCCCCCCCCCCCC/C=C\CCCCCCCCCCCCCCCCCCCC(=O)NC(CO)C(O)/C=C/CCCCCCCCCCC. The molecule has 2 unspecified atom stereocenters. The minimum atomic E-state index is -0.841. The number of aliphatic hydroxyl groups is 2. The van der Waals surface area contributed by atoms with Crippen LogP contribution >= 0.6 is 0 Å². The van der Waals surface area contributed by atoms with Crippen LogP contribution in [0.2, 0.25) is 0 Å². The number of ether oxygens (including phenoxy) is 1. The summed E-state index contributed by atoms with van der Waals surface area (Å²) < 4.78 is 5.51. The van der Waals surface area contributed by atoms with E-state index in [-0.39, 0.29) is 18.5 Å².